The van der Waals surface area contributed by atoms with Gasteiger partial charge in [-0.3, -0.25) is 4.79 Å². The molecule has 1 atom stereocenters. The fourth-order valence-electron chi connectivity index (χ4n) is 4.51. The highest BCUT2D eigenvalue weighted by Gasteiger charge is 2.48. The number of benzene rings is 3. The molecule has 3 aromatic carbocycles. The van der Waals surface area contributed by atoms with Crippen LogP contribution in [0.4, 0.5) is 0 Å². The number of carbonyl (C=O) groups is 2. The Hall–Kier alpha value is -2.82. The van der Waals surface area contributed by atoms with Crippen LogP contribution in [0.5, 0.6) is 0 Å². The quantitative estimate of drug-likeness (QED) is 0.451. The lowest BCUT2D eigenvalue weighted by Gasteiger charge is -2.39. The Morgan fingerprint density at radius 3 is 2.45 bits per heavy atom. The van der Waals surface area contributed by atoms with Crippen LogP contribution in [-0.2, 0) is 10.3 Å². The van der Waals surface area contributed by atoms with E-state index in [9.17, 15) is 9.59 Å². The molecule has 4 nitrogen and oxygen atoms in total. The molecule has 2 heterocycles. The summed E-state index contributed by atoms with van der Waals surface area (Å²) in [7, 11) is 0. The Labute approximate surface area is 190 Å². The monoisotopic (exact) mass is 451 g/mol. The van der Waals surface area contributed by atoms with E-state index in [2.05, 4.69) is 0 Å². The summed E-state index contributed by atoms with van der Waals surface area (Å²) in [6, 6.07) is 20.3. The molecule has 156 valence electrons. The van der Waals surface area contributed by atoms with Crippen molar-refractivity contribution in [3.63, 3.8) is 0 Å². The van der Waals surface area contributed by atoms with Crippen molar-refractivity contribution in [2.24, 2.45) is 0 Å². The summed E-state index contributed by atoms with van der Waals surface area (Å²) in [5, 5.41) is 0.995. The number of halogens is 2. The normalized spacial score (nSPS) is 19.9. The van der Waals surface area contributed by atoms with Crippen LogP contribution >= 0.6 is 23.2 Å². The first kappa shape index (κ1) is 20.1. The molecule has 0 aromatic heterocycles. The Kier molecular flexibility index (Phi) is 4.99. The summed E-state index contributed by atoms with van der Waals surface area (Å²) in [5.74, 6) is -0.379. The fraction of sp³-hybridized carbons (Fsp3) is 0.200. The van der Waals surface area contributed by atoms with Crippen molar-refractivity contribution in [2.45, 2.75) is 18.4 Å². The molecular formula is C25H19Cl2NO3. The average Bonchev–Trinajstić information content (AvgIpc) is 3.06. The molecule has 1 unspecified atom stereocenters. The summed E-state index contributed by atoms with van der Waals surface area (Å²) in [5.41, 5.74) is 3.21. The third kappa shape index (κ3) is 3.50. The van der Waals surface area contributed by atoms with Crippen molar-refractivity contribution in [1.29, 1.82) is 0 Å². The van der Waals surface area contributed by atoms with Crippen molar-refractivity contribution >= 4 is 35.1 Å². The Balaban J connectivity index is 1.38. The second-order valence-electron chi connectivity index (χ2n) is 7.97. The lowest BCUT2D eigenvalue weighted by molar-refractivity contribution is -0.0442. The third-order valence-electron chi connectivity index (χ3n) is 6.05. The van der Waals surface area contributed by atoms with Crippen LogP contribution in [0.2, 0.25) is 10.0 Å². The van der Waals surface area contributed by atoms with Crippen LogP contribution < -0.4 is 0 Å². The number of hydrogen-bond acceptors (Lipinski definition) is 3. The molecule has 0 saturated carbocycles. The molecule has 2 aliphatic heterocycles. The molecule has 1 fully saturated rings. The lowest BCUT2D eigenvalue weighted by atomic mass is 9.85. The molecule has 1 spiro atoms. The summed E-state index contributed by atoms with van der Waals surface area (Å²) < 4.78 is 5.82. The van der Waals surface area contributed by atoms with E-state index in [-0.39, 0.29) is 11.9 Å². The van der Waals surface area contributed by atoms with Crippen LogP contribution in [0.3, 0.4) is 0 Å². The van der Waals surface area contributed by atoms with Crippen LogP contribution in [0.15, 0.2) is 66.7 Å². The van der Waals surface area contributed by atoms with Crippen molar-refractivity contribution in [1.82, 2.24) is 4.90 Å². The van der Waals surface area contributed by atoms with E-state index in [0.29, 0.717) is 34.3 Å². The molecule has 0 N–H and O–H groups in total. The molecule has 0 aliphatic carbocycles. The zero-order valence-corrected chi connectivity index (χ0v) is 18.1. The second kappa shape index (κ2) is 7.70. The molecule has 5 rings (SSSR count). The van der Waals surface area contributed by atoms with E-state index >= 15 is 0 Å². The Bertz CT molecular complexity index is 1190. The van der Waals surface area contributed by atoms with E-state index in [1.54, 1.807) is 23.1 Å². The average molecular weight is 452 g/mol. The summed E-state index contributed by atoms with van der Waals surface area (Å²) in [4.78, 5) is 27.4. The van der Waals surface area contributed by atoms with Gasteiger partial charge in [-0.15, -0.1) is 0 Å². The SMILES string of the molecule is O=C1OC2(CCCN(C(=O)c3ccc(-c4ccc(Cl)c(Cl)c4)cc3)C2)c2ccccc21. The van der Waals surface area contributed by atoms with Crippen LogP contribution in [0.25, 0.3) is 11.1 Å². The molecule has 0 radical (unpaired) electrons. The van der Waals surface area contributed by atoms with Gasteiger partial charge in [0.1, 0.15) is 0 Å². The number of amides is 1. The minimum atomic E-state index is -0.748. The predicted molar refractivity (Wildman–Crippen MR) is 121 cm³/mol. The van der Waals surface area contributed by atoms with E-state index in [4.69, 9.17) is 27.9 Å². The predicted octanol–water partition coefficient (Wildman–Crippen LogP) is 5.96. The number of carbonyl (C=O) groups excluding carboxylic acids is 2. The van der Waals surface area contributed by atoms with E-state index in [1.165, 1.54) is 0 Å². The number of fused-ring (bicyclic) bond motifs is 2. The van der Waals surface area contributed by atoms with E-state index in [1.807, 2.05) is 48.5 Å². The van der Waals surface area contributed by atoms with Gasteiger partial charge in [0.15, 0.2) is 5.60 Å². The van der Waals surface area contributed by atoms with Gasteiger partial charge < -0.3 is 9.64 Å². The van der Waals surface area contributed by atoms with Gasteiger partial charge in [-0.2, -0.15) is 0 Å². The van der Waals surface area contributed by atoms with Crippen molar-refractivity contribution in [2.75, 3.05) is 13.1 Å². The van der Waals surface area contributed by atoms with Crippen LogP contribution in [-0.4, -0.2) is 29.9 Å². The largest absolute Gasteiger partial charge is 0.449 e. The second-order valence-corrected chi connectivity index (χ2v) is 8.78. The maximum atomic E-state index is 13.2. The zero-order chi connectivity index (χ0) is 21.6. The van der Waals surface area contributed by atoms with E-state index < -0.39 is 5.60 Å². The van der Waals surface area contributed by atoms with Gasteiger partial charge >= 0.3 is 5.97 Å². The fourth-order valence-corrected chi connectivity index (χ4v) is 4.81. The molecule has 3 aromatic rings. The third-order valence-corrected chi connectivity index (χ3v) is 6.79. The summed E-state index contributed by atoms with van der Waals surface area (Å²) in [6.45, 7) is 0.998. The lowest BCUT2D eigenvalue weighted by Crippen LogP contribution is -2.48. The van der Waals surface area contributed by atoms with Crippen molar-refractivity contribution < 1.29 is 14.3 Å². The van der Waals surface area contributed by atoms with Gasteiger partial charge in [0.2, 0.25) is 0 Å². The highest BCUT2D eigenvalue weighted by atomic mass is 35.5. The molecule has 1 amide bonds. The molecule has 31 heavy (non-hydrogen) atoms. The number of nitrogens with zero attached hydrogens (tertiary/aromatic N) is 1. The van der Waals surface area contributed by atoms with Gasteiger partial charge in [-0.05, 0) is 54.3 Å². The number of hydrogen-bond donors (Lipinski definition) is 0. The smallest absolute Gasteiger partial charge is 0.339 e. The Morgan fingerprint density at radius 2 is 1.68 bits per heavy atom. The number of piperidine rings is 1. The first-order chi connectivity index (χ1) is 15.0. The van der Waals surface area contributed by atoms with Crippen molar-refractivity contribution in [3.8, 4) is 11.1 Å². The summed E-state index contributed by atoms with van der Waals surface area (Å²) in [6.07, 6.45) is 1.49. The van der Waals surface area contributed by atoms with Crippen molar-refractivity contribution in [3.05, 3.63) is 93.5 Å². The number of rotatable bonds is 2. The molecule has 2 aliphatic rings. The first-order valence-corrected chi connectivity index (χ1v) is 10.9. The number of esters is 1. The molecule has 1 saturated heterocycles. The number of ether oxygens (including phenoxy) is 1. The first-order valence-electron chi connectivity index (χ1n) is 10.1. The van der Waals surface area contributed by atoms with Gasteiger partial charge in [-0.25, -0.2) is 4.79 Å². The van der Waals surface area contributed by atoms with Gasteiger partial charge in [0.05, 0.1) is 22.2 Å². The highest BCUT2D eigenvalue weighted by molar-refractivity contribution is 6.42. The Morgan fingerprint density at radius 1 is 0.935 bits per heavy atom. The van der Waals surface area contributed by atoms with Crippen LogP contribution in [0, 0.1) is 0 Å². The van der Waals surface area contributed by atoms with Gasteiger partial charge in [-0.1, -0.05) is 59.6 Å². The number of likely N-dealkylation sites (tertiary alicyclic amines) is 1. The maximum absolute atomic E-state index is 13.2. The maximum Gasteiger partial charge on any atom is 0.339 e. The zero-order valence-electron chi connectivity index (χ0n) is 16.6. The van der Waals surface area contributed by atoms with Gasteiger partial charge in [0, 0.05) is 17.7 Å². The minimum Gasteiger partial charge on any atom is -0.449 e. The topological polar surface area (TPSA) is 46.6 Å². The molecular weight excluding hydrogens is 433 g/mol. The standard InChI is InChI=1S/C25H19Cl2NO3/c26-21-11-10-18(14-22(21)27)16-6-8-17(9-7-16)23(29)28-13-3-12-25(15-28)20-5-2-1-4-19(20)24(30)31-25/h1-2,4-11,14H,3,12-13,15H2. The summed E-state index contributed by atoms with van der Waals surface area (Å²) >= 11 is 12.1. The molecule has 6 heteroatoms. The molecule has 0 bridgehead atoms. The minimum absolute atomic E-state index is 0.0693. The van der Waals surface area contributed by atoms with Gasteiger partial charge in [0.25, 0.3) is 5.91 Å². The highest BCUT2D eigenvalue weighted by Crippen LogP contribution is 2.43. The van der Waals surface area contributed by atoms with E-state index in [0.717, 1.165) is 29.5 Å². The van der Waals surface area contributed by atoms with Crippen LogP contribution in [0.1, 0.15) is 39.1 Å².